The van der Waals surface area contributed by atoms with E-state index in [0.717, 1.165) is 48.8 Å². The van der Waals surface area contributed by atoms with Crippen LogP contribution in [0.3, 0.4) is 0 Å². The fraction of sp³-hybridized carbons (Fsp3) is 0.321. The Bertz CT molecular complexity index is 1120. The molecule has 0 aromatic heterocycles. The summed E-state index contributed by atoms with van der Waals surface area (Å²) >= 11 is 0. The van der Waals surface area contributed by atoms with Crippen molar-refractivity contribution >= 4 is 24.0 Å². The highest BCUT2D eigenvalue weighted by Gasteiger charge is 2.47. The fourth-order valence-electron chi connectivity index (χ4n) is 4.91. The predicted molar refractivity (Wildman–Crippen MR) is 127 cm³/mol. The van der Waals surface area contributed by atoms with Crippen LogP contribution < -0.4 is 0 Å². The molecule has 33 heavy (non-hydrogen) atoms. The maximum atomic E-state index is 13.7. The zero-order valence-corrected chi connectivity index (χ0v) is 18.9. The van der Waals surface area contributed by atoms with Crippen molar-refractivity contribution in [2.45, 2.75) is 44.1 Å². The summed E-state index contributed by atoms with van der Waals surface area (Å²) in [7, 11) is 1.33. The number of rotatable bonds is 5. The Morgan fingerprint density at radius 3 is 2.48 bits per heavy atom. The Morgan fingerprint density at radius 1 is 1.09 bits per heavy atom. The van der Waals surface area contributed by atoms with Gasteiger partial charge >= 0.3 is 5.97 Å². The maximum Gasteiger partial charge on any atom is 0.333 e. The van der Waals surface area contributed by atoms with Gasteiger partial charge in [-0.15, -0.1) is 0 Å². The third-order valence-electron chi connectivity index (χ3n) is 6.63. The second kappa shape index (κ2) is 9.87. The highest BCUT2D eigenvalue weighted by atomic mass is 16.5. The molecular weight excluding hydrogens is 412 g/mol. The van der Waals surface area contributed by atoms with E-state index in [4.69, 9.17) is 4.74 Å². The van der Waals surface area contributed by atoms with Crippen molar-refractivity contribution in [2.75, 3.05) is 7.11 Å². The van der Waals surface area contributed by atoms with Gasteiger partial charge in [0.15, 0.2) is 5.54 Å². The molecule has 0 N–H and O–H groups in total. The predicted octanol–water partition coefficient (Wildman–Crippen LogP) is 5.45. The molecule has 1 aliphatic carbocycles. The van der Waals surface area contributed by atoms with E-state index in [1.165, 1.54) is 7.11 Å². The van der Waals surface area contributed by atoms with Gasteiger partial charge in [0.2, 0.25) is 5.91 Å². The van der Waals surface area contributed by atoms with E-state index in [1.54, 1.807) is 17.2 Å². The number of carbonyl (C=O) groups is 2. The monoisotopic (exact) mass is 440 g/mol. The Labute approximate surface area is 195 Å². The van der Waals surface area contributed by atoms with Gasteiger partial charge in [-0.1, -0.05) is 73.9 Å². The second-order valence-electron chi connectivity index (χ2n) is 8.67. The molecule has 1 heterocycles. The number of methoxy groups -OCH3 is 1. The van der Waals surface area contributed by atoms with Gasteiger partial charge in [-0.2, -0.15) is 5.26 Å². The van der Waals surface area contributed by atoms with E-state index >= 15 is 0 Å². The maximum absolute atomic E-state index is 13.7. The third kappa shape index (κ3) is 4.47. The van der Waals surface area contributed by atoms with Crippen LogP contribution in [0.1, 0.15) is 55.2 Å². The fourth-order valence-corrected chi connectivity index (χ4v) is 4.91. The highest BCUT2D eigenvalue weighted by Crippen LogP contribution is 2.43. The minimum absolute atomic E-state index is 0.0326. The molecule has 0 spiro atoms. The lowest BCUT2D eigenvalue weighted by molar-refractivity contribution is -0.140. The Balaban J connectivity index is 1.82. The van der Waals surface area contributed by atoms with Gasteiger partial charge in [0, 0.05) is 24.1 Å². The number of benzene rings is 2. The first-order valence-corrected chi connectivity index (χ1v) is 11.4. The molecule has 1 atom stereocenters. The summed E-state index contributed by atoms with van der Waals surface area (Å²) in [6.07, 6.45) is 10.2. The summed E-state index contributed by atoms with van der Waals surface area (Å²) < 4.78 is 5.08. The van der Waals surface area contributed by atoms with Crippen molar-refractivity contribution in [1.29, 1.82) is 5.26 Å². The summed E-state index contributed by atoms with van der Waals surface area (Å²) in [4.78, 5) is 28.1. The normalized spacial score (nSPS) is 20.6. The van der Waals surface area contributed by atoms with Crippen LogP contribution in [-0.2, 0) is 19.9 Å². The molecule has 1 aliphatic heterocycles. The van der Waals surface area contributed by atoms with Gasteiger partial charge < -0.3 is 4.74 Å². The number of carbonyl (C=O) groups excluding carboxylic acids is 2. The molecule has 1 amide bonds. The van der Waals surface area contributed by atoms with E-state index in [0.29, 0.717) is 5.57 Å². The summed E-state index contributed by atoms with van der Waals surface area (Å²) in [5.74, 6) is -0.669. The summed E-state index contributed by atoms with van der Waals surface area (Å²) in [6, 6.07) is 19.5. The molecule has 1 fully saturated rings. The second-order valence-corrected chi connectivity index (χ2v) is 8.67. The standard InChI is InChI=1S/C28H28N2O3/c1-33-27(32)24(18-21-10-4-2-5-11-21)19-28(20-29)25-15-9-8-12-22(25)16-17-30(28)26(31)23-13-6-3-7-14-23/h2,4-5,8-12,15-18,23H,3,6-7,13-14,19H2,1H3/b24-18+. The SMILES string of the molecule is COC(=O)/C(=C/c1ccccc1)CC1(C#N)c2ccccc2C=CN1C(=O)C1CCCCC1. The Kier molecular flexibility index (Phi) is 6.74. The van der Waals surface area contributed by atoms with Crippen molar-refractivity contribution in [3.05, 3.63) is 83.1 Å². The number of nitrogens with zero attached hydrogens (tertiary/aromatic N) is 2. The number of ether oxygens (including phenoxy) is 1. The van der Waals surface area contributed by atoms with Gasteiger partial charge in [-0.25, -0.2) is 4.79 Å². The first-order valence-electron chi connectivity index (χ1n) is 11.4. The molecule has 0 radical (unpaired) electrons. The quantitative estimate of drug-likeness (QED) is 0.458. The molecule has 0 saturated heterocycles. The van der Waals surface area contributed by atoms with E-state index in [2.05, 4.69) is 6.07 Å². The van der Waals surface area contributed by atoms with Crippen LogP contribution in [0.5, 0.6) is 0 Å². The first kappa shape index (κ1) is 22.5. The van der Waals surface area contributed by atoms with Crippen LogP contribution in [-0.4, -0.2) is 23.9 Å². The summed E-state index contributed by atoms with van der Waals surface area (Å²) in [6.45, 7) is 0. The Morgan fingerprint density at radius 2 is 1.79 bits per heavy atom. The van der Waals surface area contributed by atoms with Gasteiger partial charge in [0.05, 0.1) is 13.2 Å². The van der Waals surface area contributed by atoms with E-state index in [1.807, 2.05) is 60.7 Å². The van der Waals surface area contributed by atoms with Gasteiger partial charge in [0.25, 0.3) is 0 Å². The molecule has 5 nitrogen and oxygen atoms in total. The lowest BCUT2D eigenvalue weighted by atomic mass is 9.77. The van der Waals surface area contributed by atoms with Crippen molar-refractivity contribution in [1.82, 2.24) is 4.90 Å². The summed E-state index contributed by atoms with van der Waals surface area (Å²) in [5.41, 5.74) is 1.43. The van der Waals surface area contributed by atoms with Crippen molar-refractivity contribution in [3.8, 4) is 6.07 Å². The smallest absolute Gasteiger partial charge is 0.333 e. The van der Waals surface area contributed by atoms with Crippen LogP contribution in [0, 0.1) is 17.2 Å². The topological polar surface area (TPSA) is 70.4 Å². The zero-order chi connectivity index (χ0) is 23.3. The van der Waals surface area contributed by atoms with E-state index in [-0.39, 0.29) is 18.2 Å². The van der Waals surface area contributed by atoms with Crippen molar-refractivity contribution in [2.24, 2.45) is 5.92 Å². The highest BCUT2D eigenvalue weighted by molar-refractivity contribution is 5.94. The molecule has 5 heteroatoms. The minimum atomic E-state index is -1.34. The number of hydrogen-bond acceptors (Lipinski definition) is 4. The molecule has 1 saturated carbocycles. The van der Waals surface area contributed by atoms with Gasteiger partial charge in [0.1, 0.15) is 0 Å². The average molecular weight is 441 g/mol. The zero-order valence-electron chi connectivity index (χ0n) is 18.9. The number of esters is 1. The van der Waals surface area contributed by atoms with Gasteiger partial charge in [-0.05, 0) is 41.7 Å². The average Bonchev–Trinajstić information content (AvgIpc) is 2.88. The molecule has 2 aliphatic rings. The van der Waals surface area contributed by atoms with E-state index < -0.39 is 11.5 Å². The summed E-state index contributed by atoms with van der Waals surface area (Å²) in [5, 5.41) is 10.6. The van der Waals surface area contributed by atoms with Crippen LogP contribution in [0.2, 0.25) is 0 Å². The molecule has 2 aromatic rings. The number of nitriles is 1. The van der Waals surface area contributed by atoms with Crippen molar-refractivity contribution < 1.29 is 14.3 Å². The van der Waals surface area contributed by atoms with Crippen molar-refractivity contribution in [3.63, 3.8) is 0 Å². The largest absolute Gasteiger partial charge is 0.466 e. The molecule has 168 valence electrons. The molecule has 0 bridgehead atoms. The molecule has 1 unspecified atom stereocenters. The minimum Gasteiger partial charge on any atom is -0.466 e. The molecule has 4 rings (SSSR count). The number of amides is 1. The molecular formula is C28H28N2O3. The number of fused-ring (bicyclic) bond motifs is 1. The van der Waals surface area contributed by atoms with Crippen LogP contribution in [0.25, 0.3) is 12.2 Å². The Hall–Kier alpha value is -3.65. The van der Waals surface area contributed by atoms with Crippen LogP contribution in [0.4, 0.5) is 0 Å². The lowest BCUT2D eigenvalue weighted by Crippen LogP contribution is -2.50. The van der Waals surface area contributed by atoms with Crippen LogP contribution in [0.15, 0.2) is 66.4 Å². The first-order chi connectivity index (χ1) is 16.1. The van der Waals surface area contributed by atoms with Gasteiger partial charge in [-0.3, -0.25) is 9.69 Å². The number of hydrogen-bond donors (Lipinski definition) is 0. The third-order valence-corrected chi connectivity index (χ3v) is 6.63. The lowest BCUT2D eigenvalue weighted by Gasteiger charge is -2.42. The molecule has 2 aromatic carbocycles. The van der Waals surface area contributed by atoms with E-state index in [9.17, 15) is 14.9 Å². The van der Waals surface area contributed by atoms with Crippen LogP contribution >= 0.6 is 0 Å².